The number of halogens is 1. The maximum absolute atomic E-state index is 11.8. The summed E-state index contributed by atoms with van der Waals surface area (Å²) in [7, 11) is -3.73. The molecule has 0 fully saturated rings. The summed E-state index contributed by atoms with van der Waals surface area (Å²) in [4.78, 5) is 0. The molecule has 0 saturated heterocycles. The first kappa shape index (κ1) is 10.8. The highest BCUT2D eigenvalue weighted by molar-refractivity contribution is 7.86. The van der Waals surface area contributed by atoms with Crippen molar-refractivity contribution in [2.45, 2.75) is 19.9 Å². The van der Waals surface area contributed by atoms with Crippen LogP contribution in [-0.2, 0) is 10.2 Å². The SMILES string of the molecule is CC(C)N(CCF)S(N)(=O)=O. The van der Waals surface area contributed by atoms with Crippen molar-refractivity contribution < 1.29 is 12.8 Å². The molecule has 0 radical (unpaired) electrons. The number of hydrogen-bond acceptors (Lipinski definition) is 2. The molecule has 11 heavy (non-hydrogen) atoms. The molecule has 0 heterocycles. The molecular formula is C5H13FN2O2S. The van der Waals surface area contributed by atoms with Crippen molar-refractivity contribution >= 4 is 10.2 Å². The van der Waals surface area contributed by atoms with E-state index in [1.807, 2.05) is 0 Å². The van der Waals surface area contributed by atoms with Gasteiger partial charge in [-0.3, -0.25) is 0 Å². The van der Waals surface area contributed by atoms with Gasteiger partial charge in [-0.1, -0.05) is 0 Å². The zero-order valence-corrected chi connectivity index (χ0v) is 7.44. The molecule has 4 nitrogen and oxygen atoms in total. The van der Waals surface area contributed by atoms with Crippen molar-refractivity contribution in [2.24, 2.45) is 5.14 Å². The Morgan fingerprint density at radius 3 is 2.09 bits per heavy atom. The molecule has 6 heteroatoms. The third-order valence-corrected chi connectivity index (χ3v) is 2.47. The van der Waals surface area contributed by atoms with Crippen LogP contribution in [0.4, 0.5) is 4.39 Å². The van der Waals surface area contributed by atoms with E-state index in [-0.39, 0.29) is 12.6 Å². The zero-order chi connectivity index (χ0) is 9.07. The van der Waals surface area contributed by atoms with E-state index in [0.717, 1.165) is 4.31 Å². The van der Waals surface area contributed by atoms with Crippen LogP contribution in [0.2, 0.25) is 0 Å². The second-order valence-corrected chi connectivity index (χ2v) is 3.94. The van der Waals surface area contributed by atoms with Gasteiger partial charge in [-0.15, -0.1) is 0 Å². The lowest BCUT2D eigenvalue weighted by Crippen LogP contribution is -2.42. The summed E-state index contributed by atoms with van der Waals surface area (Å²) >= 11 is 0. The fraction of sp³-hybridized carbons (Fsp3) is 1.00. The second kappa shape index (κ2) is 3.99. The molecular weight excluding hydrogens is 171 g/mol. The molecule has 0 rings (SSSR count). The van der Waals surface area contributed by atoms with Crippen LogP contribution in [-0.4, -0.2) is 32.0 Å². The maximum Gasteiger partial charge on any atom is 0.277 e. The van der Waals surface area contributed by atoms with Crippen molar-refractivity contribution in [3.05, 3.63) is 0 Å². The minimum atomic E-state index is -3.73. The molecule has 68 valence electrons. The molecule has 0 spiro atoms. The van der Waals surface area contributed by atoms with Gasteiger partial charge in [-0.05, 0) is 13.8 Å². The van der Waals surface area contributed by atoms with Crippen molar-refractivity contribution in [3.8, 4) is 0 Å². The maximum atomic E-state index is 11.8. The third-order valence-electron chi connectivity index (χ3n) is 1.21. The van der Waals surface area contributed by atoms with Crippen molar-refractivity contribution in [1.29, 1.82) is 0 Å². The summed E-state index contributed by atoms with van der Waals surface area (Å²) in [5.74, 6) is 0. The molecule has 0 saturated carbocycles. The highest BCUT2D eigenvalue weighted by Gasteiger charge is 2.19. The Morgan fingerprint density at radius 1 is 1.55 bits per heavy atom. The van der Waals surface area contributed by atoms with Crippen molar-refractivity contribution in [2.75, 3.05) is 13.2 Å². The molecule has 0 aromatic carbocycles. The third kappa shape index (κ3) is 3.64. The van der Waals surface area contributed by atoms with Gasteiger partial charge >= 0.3 is 0 Å². The Bertz CT molecular complexity index is 203. The minimum absolute atomic E-state index is 0.170. The van der Waals surface area contributed by atoms with Gasteiger partial charge in [0.05, 0.1) is 0 Å². The predicted molar refractivity (Wildman–Crippen MR) is 40.9 cm³/mol. The summed E-state index contributed by atoms with van der Waals surface area (Å²) in [6.07, 6.45) is 0. The lowest BCUT2D eigenvalue weighted by Gasteiger charge is -2.21. The molecule has 0 unspecified atom stereocenters. The van der Waals surface area contributed by atoms with Crippen LogP contribution in [0.25, 0.3) is 0 Å². The molecule has 0 aliphatic heterocycles. The number of hydrogen-bond donors (Lipinski definition) is 1. The predicted octanol–water partition coefficient (Wildman–Crippen LogP) is -0.130. The van der Waals surface area contributed by atoms with E-state index in [0.29, 0.717) is 0 Å². The molecule has 2 N–H and O–H groups in total. The standard InChI is InChI=1S/C5H13FN2O2S/c1-5(2)8(4-3-6)11(7,9)10/h5H,3-4H2,1-2H3,(H2,7,9,10). The minimum Gasteiger partial charge on any atom is -0.250 e. The summed E-state index contributed by atoms with van der Waals surface area (Å²) in [6, 6.07) is -0.291. The zero-order valence-electron chi connectivity index (χ0n) is 6.62. The average molecular weight is 184 g/mol. The monoisotopic (exact) mass is 184 g/mol. The second-order valence-electron chi connectivity index (χ2n) is 2.44. The first-order valence-corrected chi connectivity index (χ1v) is 4.75. The Kier molecular flexibility index (Phi) is 3.91. The average Bonchev–Trinajstić information content (AvgIpc) is 1.79. The molecule has 0 amide bonds. The van der Waals surface area contributed by atoms with Gasteiger partial charge in [0, 0.05) is 12.6 Å². The first-order chi connectivity index (χ1) is 4.89. The molecule has 0 aromatic heterocycles. The summed E-state index contributed by atoms with van der Waals surface area (Å²) < 4.78 is 34.1. The number of alkyl halides is 1. The topological polar surface area (TPSA) is 63.4 Å². The van der Waals surface area contributed by atoms with E-state index in [2.05, 4.69) is 0 Å². The number of rotatable bonds is 4. The van der Waals surface area contributed by atoms with Crippen molar-refractivity contribution in [1.82, 2.24) is 4.31 Å². The molecule has 0 aliphatic rings. The van der Waals surface area contributed by atoms with Crippen LogP contribution in [0.5, 0.6) is 0 Å². The van der Waals surface area contributed by atoms with Gasteiger partial charge < -0.3 is 0 Å². The molecule has 0 aliphatic carbocycles. The van der Waals surface area contributed by atoms with Crippen molar-refractivity contribution in [3.63, 3.8) is 0 Å². The van der Waals surface area contributed by atoms with Crippen LogP contribution >= 0.6 is 0 Å². The van der Waals surface area contributed by atoms with Gasteiger partial charge in [-0.2, -0.15) is 12.7 Å². The molecule has 0 atom stereocenters. The van der Waals surface area contributed by atoms with Crippen LogP contribution in [0.1, 0.15) is 13.8 Å². The van der Waals surface area contributed by atoms with Crippen LogP contribution in [0, 0.1) is 0 Å². The van der Waals surface area contributed by atoms with Gasteiger partial charge in [0.25, 0.3) is 10.2 Å². The Hall–Kier alpha value is -0.200. The van der Waals surface area contributed by atoms with Gasteiger partial charge in [-0.25, -0.2) is 9.53 Å². The van der Waals surface area contributed by atoms with Gasteiger partial charge in [0.1, 0.15) is 6.67 Å². The van der Waals surface area contributed by atoms with E-state index in [1.165, 1.54) is 0 Å². The van der Waals surface area contributed by atoms with E-state index in [1.54, 1.807) is 13.8 Å². The van der Waals surface area contributed by atoms with Crippen LogP contribution in [0.15, 0.2) is 0 Å². The quantitative estimate of drug-likeness (QED) is 0.661. The van der Waals surface area contributed by atoms with E-state index < -0.39 is 16.9 Å². The Balaban J connectivity index is 4.36. The first-order valence-electron chi connectivity index (χ1n) is 3.25. The fourth-order valence-electron chi connectivity index (χ4n) is 0.763. The Morgan fingerprint density at radius 2 is 2.00 bits per heavy atom. The normalized spacial score (nSPS) is 12.9. The largest absolute Gasteiger partial charge is 0.277 e. The van der Waals surface area contributed by atoms with E-state index in [9.17, 15) is 12.8 Å². The molecule has 0 bridgehead atoms. The highest BCUT2D eigenvalue weighted by Crippen LogP contribution is 2.01. The smallest absolute Gasteiger partial charge is 0.250 e. The van der Waals surface area contributed by atoms with Crippen LogP contribution < -0.4 is 5.14 Å². The Labute approximate surface area is 66.4 Å². The van der Waals surface area contributed by atoms with Gasteiger partial charge in [0.15, 0.2) is 0 Å². The van der Waals surface area contributed by atoms with E-state index >= 15 is 0 Å². The number of nitrogens with two attached hydrogens (primary N) is 1. The van der Waals surface area contributed by atoms with E-state index in [4.69, 9.17) is 5.14 Å². The summed E-state index contributed by atoms with van der Waals surface area (Å²) in [5.41, 5.74) is 0. The summed E-state index contributed by atoms with van der Waals surface area (Å²) in [5, 5.41) is 4.80. The number of nitrogens with zero attached hydrogens (tertiary/aromatic N) is 1. The highest BCUT2D eigenvalue weighted by atomic mass is 32.2. The molecule has 0 aromatic rings. The lowest BCUT2D eigenvalue weighted by molar-refractivity contribution is 0.316. The lowest BCUT2D eigenvalue weighted by atomic mass is 10.4. The van der Waals surface area contributed by atoms with Crippen LogP contribution in [0.3, 0.4) is 0 Å². The fourth-order valence-corrected chi connectivity index (χ4v) is 1.67. The summed E-state index contributed by atoms with van der Waals surface area (Å²) in [6.45, 7) is 2.39. The van der Waals surface area contributed by atoms with Gasteiger partial charge in [0.2, 0.25) is 0 Å².